The Morgan fingerprint density at radius 2 is 1.63 bits per heavy atom. The first-order chi connectivity index (χ1) is 12.6. The molecule has 4 nitrogen and oxygen atoms in total. The molecule has 0 amide bonds. The van der Waals surface area contributed by atoms with E-state index in [1.807, 2.05) is 0 Å². The number of ether oxygens (including phenoxy) is 1. The molecule has 4 aliphatic carbocycles. The number of Topliss-reactive ketones (excluding diaryl/α,β-unsaturated/α-hetero) is 1. The number of carbonyl (C=O) groups excluding carboxylic acids is 2. The normalized spacial score (nSPS) is 51.7. The van der Waals surface area contributed by atoms with Crippen molar-refractivity contribution in [2.24, 2.45) is 34.5 Å². The molecule has 4 aliphatic rings. The lowest BCUT2D eigenvalue weighted by Crippen LogP contribution is -2.58. The van der Waals surface area contributed by atoms with E-state index in [4.69, 9.17) is 4.74 Å². The molecule has 0 saturated heterocycles. The Balaban J connectivity index is 1.56. The summed E-state index contributed by atoms with van der Waals surface area (Å²) in [5.41, 5.74) is -1.05. The van der Waals surface area contributed by atoms with Gasteiger partial charge in [-0.05, 0) is 93.8 Å². The molecular weight excluding hydrogens is 340 g/mol. The van der Waals surface area contributed by atoms with Gasteiger partial charge in [-0.25, -0.2) is 0 Å². The second-order valence-electron chi connectivity index (χ2n) is 10.6. The van der Waals surface area contributed by atoms with Crippen LogP contribution < -0.4 is 0 Å². The van der Waals surface area contributed by atoms with Crippen molar-refractivity contribution < 1.29 is 19.4 Å². The van der Waals surface area contributed by atoms with Crippen molar-refractivity contribution >= 4 is 11.8 Å². The van der Waals surface area contributed by atoms with E-state index in [0.29, 0.717) is 35.5 Å². The number of ketones is 1. The van der Waals surface area contributed by atoms with E-state index in [2.05, 4.69) is 13.8 Å². The molecule has 0 aromatic carbocycles. The van der Waals surface area contributed by atoms with Gasteiger partial charge in [-0.2, -0.15) is 0 Å². The zero-order chi connectivity index (χ0) is 19.6. The number of fused-ring (bicyclic) bond motifs is 5. The number of carbonyl (C=O) groups is 2. The first kappa shape index (κ1) is 19.4. The van der Waals surface area contributed by atoms with Gasteiger partial charge in [-0.15, -0.1) is 0 Å². The van der Waals surface area contributed by atoms with Crippen molar-refractivity contribution in [1.82, 2.24) is 0 Å². The summed E-state index contributed by atoms with van der Waals surface area (Å²) in [6.45, 7) is 7.76. The summed E-state index contributed by atoms with van der Waals surface area (Å²) in [4.78, 5) is 23.7. The highest BCUT2D eigenvalue weighted by molar-refractivity contribution is 5.86. The van der Waals surface area contributed by atoms with Gasteiger partial charge in [0.2, 0.25) is 0 Å². The molecule has 0 aromatic rings. The standard InChI is InChI=1S/C23H36O4/c1-14(24)23(26)12-9-20-18-6-5-16-13-17(27-15(2)25)7-10-21(16,3)19(18)8-11-22(20,23)4/h16-20,26H,5-13H2,1-4H3/t16-,17+,18-,19+,20+,21-,22+,23-/m0/s1. The minimum atomic E-state index is -1.12. The van der Waals surface area contributed by atoms with Gasteiger partial charge in [-0.1, -0.05) is 13.8 Å². The molecule has 0 aromatic heterocycles. The van der Waals surface area contributed by atoms with Crippen LogP contribution in [0.15, 0.2) is 0 Å². The quantitative estimate of drug-likeness (QED) is 0.731. The molecule has 0 radical (unpaired) electrons. The fourth-order valence-corrected chi connectivity index (χ4v) is 8.15. The largest absolute Gasteiger partial charge is 0.463 e. The molecule has 0 spiro atoms. The van der Waals surface area contributed by atoms with Gasteiger partial charge in [0, 0.05) is 12.3 Å². The highest BCUT2D eigenvalue weighted by atomic mass is 16.5. The molecule has 27 heavy (non-hydrogen) atoms. The van der Waals surface area contributed by atoms with E-state index in [1.54, 1.807) is 6.92 Å². The fraction of sp³-hybridized carbons (Fsp3) is 0.913. The minimum Gasteiger partial charge on any atom is -0.463 e. The average molecular weight is 377 g/mol. The number of aliphatic hydroxyl groups is 1. The number of rotatable bonds is 2. The summed E-state index contributed by atoms with van der Waals surface area (Å²) in [6.07, 6.45) is 9.34. The number of esters is 1. The summed E-state index contributed by atoms with van der Waals surface area (Å²) < 4.78 is 5.55. The van der Waals surface area contributed by atoms with Crippen molar-refractivity contribution in [2.45, 2.75) is 97.2 Å². The average Bonchev–Trinajstić information content (AvgIpc) is 2.87. The van der Waals surface area contributed by atoms with Gasteiger partial charge < -0.3 is 9.84 Å². The first-order valence-corrected chi connectivity index (χ1v) is 11.0. The summed E-state index contributed by atoms with van der Waals surface area (Å²) in [6, 6.07) is 0. The van der Waals surface area contributed by atoms with Crippen LogP contribution in [0.5, 0.6) is 0 Å². The zero-order valence-corrected chi connectivity index (χ0v) is 17.4. The van der Waals surface area contributed by atoms with Crippen LogP contribution in [0.3, 0.4) is 0 Å². The summed E-state index contributed by atoms with van der Waals surface area (Å²) >= 11 is 0. The molecule has 4 rings (SSSR count). The van der Waals surface area contributed by atoms with Crippen molar-refractivity contribution in [3.63, 3.8) is 0 Å². The van der Waals surface area contributed by atoms with Crippen LogP contribution in [0, 0.1) is 34.5 Å². The molecule has 0 unspecified atom stereocenters. The highest BCUT2D eigenvalue weighted by Crippen LogP contribution is 2.68. The lowest BCUT2D eigenvalue weighted by molar-refractivity contribution is -0.175. The van der Waals surface area contributed by atoms with Gasteiger partial charge in [-0.3, -0.25) is 9.59 Å². The van der Waals surface area contributed by atoms with Crippen LogP contribution in [-0.4, -0.2) is 28.6 Å². The van der Waals surface area contributed by atoms with E-state index in [1.165, 1.54) is 19.8 Å². The second kappa shape index (κ2) is 6.30. The van der Waals surface area contributed by atoms with Crippen LogP contribution in [0.1, 0.15) is 85.5 Å². The van der Waals surface area contributed by atoms with E-state index in [0.717, 1.165) is 38.5 Å². The van der Waals surface area contributed by atoms with Crippen LogP contribution in [0.25, 0.3) is 0 Å². The van der Waals surface area contributed by atoms with Crippen molar-refractivity contribution in [2.75, 3.05) is 0 Å². The van der Waals surface area contributed by atoms with Gasteiger partial charge >= 0.3 is 5.97 Å². The Bertz CT molecular complexity index is 644. The molecule has 4 heteroatoms. The Hall–Kier alpha value is -0.900. The lowest BCUT2D eigenvalue weighted by atomic mass is 9.44. The van der Waals surface area contributed by atoms with Gasteiger partial charge in [0.05, 0.1) is 0 Å². The van der Waals surface area contributed by atoms with Crippen LogP contribution in [-0.2, 0) is 14.3 Å². The van der Waals surface area contributed by atoms with E-state index in [9.17, 15) is 14.7 Å². The number of hydrogen-bond donors (Lipinski definition) is 1. The molecule has 0 heterocycles. The van der Waals surface area contributed by atoms with Crippen LogP contribution >= 0.6 is 0 Å². The minimum absolute atomic E-state index is 0.0345. The Kier molecular flexibility index (Phi) is 4.53. The van der Waals surface area contributed by atoms with Gasteiger partial charge in [0.25, 0.3) is 0 Å². The predicted molar refractivity (Wildman–Crippen MR) is 103 cm³/mol. The van der Waals surface area contributed by atoms with Gasteiger partial charge in [0.1, 0.15) is 11.7 Å². The maximum atomic E-state index is 12.3. The SMILES string of the molecule is CC(=O)O[C@@H]1CC[C@@]2(C)[C@@H](CC[C@H]3[C@H]2CC[C@]2(C)[C@@H]3CC[C@]2(O)C(C)=O)C1. The third kappa shape index (κ3) is 2.65. The molecule has 4 saturated carbocycles. The molecule has 4 fully saturated rings. The molecule has 1 N–H and O–H groups in total. The highest BCUT2D eigenvalue weighted by Gasteiger charge is 2.66. The number of hydrogen-bond acceptors (Lipinski definition) is 4. The van der Waals surface area contributed by atoms with E-state index >= 15 is 0 Å². The predicted octanol–water partition coefficient (Wildman–Crippen LogP) is 4.28. The third-order valence-electron chi connectivity index (χ3n) is 9.68. The fourth-order valence-electron chi connectivity index (χ4n) is 8.15. The zero-order valence-electron chi connectivity index (χ0n) is 17.4. The Morgan fingerprint density at radius 3 is 2.30 bits per heavy atom. The second-order valence-corrected chi connectivity index (χ2v) is 10.6. The summed E-state index contributed by atoms with van der Waals surface area (Å²) in [5, 5.41) is 11.2. The summed E-state index contributed by atoms with van der Waals surface area (Å²) in [7, 11) is 0. The van der Waals surface area contributed by atoms with Crippen molar-refractivity contribution in [3.8, 4) is 0 Å². The molecule has 8 atom stereocenters. The van der Waals surface area contributed by atoms with E-state index in [-0.39, 0.29) is 23.3 Å². The third-order valence-corrected chi connectivity index (χ3v) is 9.68. The maximum absolute atomic E-state index is 12.3. The summed E-state index contributed by atoms with van der Waals surface area (Å²) in [5.74, 6) is 2.22. The Morgan fingerprint density at radius 1 is 0.926 bits per heavy atom. The van der Waals surface area contributed by atoms with Crippen molar-refractivity contribution in [3.05, 3.63) is 0 Å². The van der Waals surface area contributed by atoms with E-state index < -0.39 is 5.60 Å². The van der Waals surface area contributed by atoms with Crippen molar-refractivity contribution in [1.29, 1.82) is 0 Å². The maximum Gasteiger partial charge on any atom is 0.302 e. The van der Waals surface area contributed by atoms with Gasteiger partial charge in [0.15, 0.2) is 5.78 Å². The van der Waals surface area contributed by atoms with Crippen LogP contribution in [0.4, 0.5) is 0 Å². The van der Waals surface area contributed by atoms with Crippen LogP contribution in [0.2, 0.25) is 0 Å². The molecule has 152 valence electrons. The molecule has 0 aliphatic heterocycles. The smallest absolute Gasteiger partial charge is 0.302 e. The monoisotopic (exact) mass is 376 g/mol. The topological polar surface area (TPSA) is 63.6 Å². The molecular formula is C23H36O4. The molecule has 0 bridgehead atoms. The lowest BCUT2D eigenvalue weighted by Gasteiger charge is -2.61. The Labute approximate surface area is 163 Å². The first-order valence-electron chi connectivity index (χ1n) is 11.0.